The first-order valence-corrected chi connectivity index (χ1v) is 8.35. The topological polar surface area (TPSA) is 41.1 Å². The molecule has 114 valence electrons. The Morgan fingerprint density at radius 3 is 2.29 bits per heavy atom. The zero-order valence-corrected chi connectivity index (χ0v) is 12.9. The van der Waals surface area contributed by atoms with Crippen LogP contribution < -0.4 is 10.6 Å². The van der Waals surface area contributed by atoms with Gasteiger partial charge in [0, 0.05) is 12.1 Å². The monoisotopic (exact) mass is 286 g/mol. The van der Waals surface area contributed by atoms with Crippen molar-refractivity contribution in [3.63, 3.8) is 0 Å². The minimum atomic E-state index is -0.105. The fourth-order valence-corrected chi connectivity index (χ4v) is 3.68. The van der Waals surface area contributed by atoms with Gasteiger partial charge in [-0.25, -0.2) is 0 Å². The van der Waals surface area contributed by atoms with Gasteiger partial charge in [0.05, 0.1) is 6.04 Å². The van der Waals surface area contributed by atoms with Crippen molar-refractivity contribution < 1.29 is 4.79 Å². The summed E-state index contributed by atoms with van der Waals surface area (Å²) in [7, 11) is 0. The smallest absolute Gasteiger partial charge is 0.237 e. The molecule has 3 nitrogen and oxygen atoms in total. The van der Waals surface area contributed by atoms with Crippen LogP contribution in [0.1, 0.15) is 50.2 Å². The fourth-order valence-electron chi connectivity index (χ4n) is 3.68. The molecule has 3 heteroatoms. The van der Waals surface area contributed by atoms with E-state index in [-0.39, 0.29) is 11.9 Å². The third kappa shape index (κ3) is 3.65. The highest BCUT2D eigenvalue weighted by Crippen LogP contribution is 2.22. The minimum absolute atomic E-state index is 0.105. The second-order valence-electron chi connectivity index (χ2n) is 6.61. The van der Waals surface area contributed by atoms with Gasteiger partial charge >= 0.3 is 0 Å². The number of nitrogens with one attached hydrogen (secondary N) is 2. The van der Waals surface area contributed by atoms with E-state index in [0.717, 1.165) is 25.7 Å². The Kier molecular flexibility index (Phi) is 4.59. The van der Waals surface area contributed by atoms with Gasteiger partial charge < -0.3 is 10.6 Å². The van der Waals surface area contributed by atoms with E-state index in [1.54, 1.807) is 0 Å². The zero-order chi connectivity index (χ0) is 14.7. The lowest BCUT2D eigenvalue weighted by atomic mass is 9.95. The van der Waals surface area contributed by atoms with Gasteiger partial charge in [0.1, 0.15) is 0 Å². The third-order valence-corrected chi connectivity index (χ3v) is 4.88. The molecule has 1 fully saturated rings. The molecule has 1 saturated carbocycles. The summed E-state index contributed by atoms with van der Waals surface area (Å²) >= 11 is 0. The van der Waals surface area contributed by atoms with Crippen LogP contribution in [0, 0.1) is 0 Å². The van der Waals surface area contributed by atoms with Crippen molar-refractivity contribution in [3.8, 4) is 0 Å². The Balaban J connectivity index is 1.48. The van der Waals surface area contributed by atoms with E-state index in [9.17, 15) is 4.79 Å². The van der Waals surface area contributed by atoms with Crippen LogP contribution in [0.15, 0.2) is 24.3 Å². The number of fused-ring (bicyclic) bond motifs is 1. The Bertz CT molecular complexity index is 469. The van der Waals surface area contributed by atoms with Gasteiger partial charge in [-0.3, -0.25) is 4.79 Å². The van der Waals surface area contributed by atoms with E-state index in [2.05, 4.69) is 34.9 Å². The predicted octanol–water partition coefficient (Wildman–Crippen LogP) is 2.58. The summed E-state index contributed by atoms with van der Waals surface area (Å²) < 4.78 is 0. The molecular formula is C18H26N2O. The Morgan fingerprint density at radius 2 is 1.67 bits per heavy atom. The van der Waals surface area contributed by atoms with Gasteiger partial charge in [0.25, 0.3) is 0 Å². The minimum Gasteiger partial charge on any atom is -0.352 e. The fraction of sp³-hybridized carbons (Fsp3) is 0.611. The number of hydrogen-bond acceptors (Lipinski definition) is 2. The Hall–Kier alpha value is -1.35. The van der Waals surface area contributed by atoms with E-state index < -0.39 is 0 Å². The van der Waals surface area contributed by atoms with Crippen LogP contribution in [-0.2, 0) is 17.6 Å². The maximum Gasteiger partial charge on any atom is 0.237 e. The lowest BCUT2D eigenvalue weighted by Gasteiger charge is -2.26. The Labute approximate surface area is 127 Å². The molecule has 1 unspecified atom stereocenters. The maximum atomic E-state index is 12.3. The van der Waals surface area contributed by atoms with Crippen LogP contribution in [0.3, 0.4) is 0 Å². The number of rotatable bonds is 4. The van der Waals surface area contributed by atoms with Crippen molar-refractivity contribution in [2.75, 3.05) is 0 Å². The second-order valence-corrected chi connectivity index (χ2v) is 6.61. The van der Waals surface area contributed by atoms with Crippen LogP contribution in [-0.4, -0.2) is 24.0 Å². The van der Waals surface area contributed by atoms with Crippen LogP contribution in [0.25, 0.3) is 0 Å². The van der Waals surface area contributed by atoms with Gasteiger partial charge in [-0.1, -0.05) is 43.5 Å². The summed E-state index contributed by atoms with van der Waals surface area (Å²) in [6.07, 6.45) is 8.20. The van der Waals surface area contributed by atoms with Gasteiger partial charge in [-0.15, -0.1) is 0 Å². The third-order valence-electron chi connectivity index (χ3n) is 4.88. The van der Waals surface area contributed by atoms with Crippen LogP contribution in [0.5, 0.6) is 0 Å². The standard InChI is InChI=1S/C18H26N2O/c1-13(18(21)20-16-9-3-2-4-10-16)19-17-11-14-7-5-6-8-15(14)12-17/h5-8,13,16-17,19H,2-4,9-12H2,1H3,(H,20,21). The number of hydrogen-bond donors (Lipinski definition) is 2. The lowest BCUT2D eigenvalue weighted by molar-refractivity contribution is -0.123. The lowest BCUT2D eigenvalue weighted by Crippen LogP contribution is -2.49. The average Bonchev–Trinajstić information content (AvgIpc) is 2.90. The average molecular weight is 286 g/mol. The first-order valence-electron chi connectivity index (χ1n) is 8.35. The van der Waals surface area contributed by atoms with E-state index in [1.807, 2.05) is 6.92 Å². The van der Waals surface area contributed by atoms with Crippen LogP contribution in [0.2, 0.25) is 0 Å². The van der Waals surface area contributed by atoms with Gasteiger partial charge in [-0.05, 0) is 43.7 Å². The summed E-state index contributed by atoms with van der Waals surface area (Å²) in [5.41, 5.74) is 2.85. The second kappa shape index (κ2) is 6.61. The number of carbonyl (C=O) groups excluding carboxylic acids is 1. The van der Waals surface area contributed by atoms with Crippen molar-refractivity contribution in [2.45, 2.75) is 70.0 Å². The molecular weight excluding hydrogens is 260 g/mol. The molecule has 21 heavy (non-hydrogen) atoms. The van der Waals surface area contributed by atoms with Crippen molar-refractivity contribution in [2.24, 2.45) is 0 Å². The molecule has 0 bridgehead atoms. The molecule has 1 atom stereocenters. The van der Waals surface area contributed by atoms with E-state index in [1.165, 1.54) is 30.4 Å². The summed E-state index contributed by atoms with van der Waals surface area (Å²) in [5, 5.41) is 6.72. The molecule has 0 saturated heterocycles. The molecule has 1 aromatic rings. The highest BCUT2D eigenvalue weighted by Gasteiger charge is 2.25. The molecule has 1 aromatic carbocycles. The first-order chi connectivity index (χ1) is 10.2. The molecule has 0 aliphatic heterocycles. The van der Waals surface area contributed by atoms with Gasteiger partial charge in [-0.2, -0.15) is 0 Å². The Morgan fingerprint density at radius 1 is 1.05 bits per heavy atom. The summed E-state index contributed by atoms with van der Waals surface area (Å²) in [6, 6.07) is 9.28. The normalized spacial score (nSPS) is 21.0. The molecule has 0 heterocycles. The molecule has 1 amide bonds. The highest BCUT2D eigenvalue weighted by atomic mass is 16.2. The van der Waals surface area contributed by atoms with Gasteiger partial charge in [0.2, 0.25) is 5.91 Å². The number of amides is 1. The molecule has 2 N–H and O–H groups in total. The largest absolute Gasteiger partial charge is 0.352 e. The predicted molar refractivity (Wildman–Crippen MR) is 85.3 cm³/mol. The highest BCUT2D eigenvalue weighted by molar-refractivity contribution is 5.81. The summed E-state index contributed by atoms with van der Waals surface area (Å²) in [6.45, 7) is 1.99. The molecule has 2 aliphatic carbocycles. The van der Waals surface area contributed by atoms with Gasteiger partial charge in [0.15, 0.2) is 0 Å². The molecule has 0 spiro atoms. The molecule has 0 radical (unpaired) electrons. The van der Waals surface area contributed by atoms with Crippen molar-refractivity contribution >= 4 is 5.91 Å². The van der Waals surface area contributed by atoms with Crippen molar-refractivity contribution in [3.05, 3.63) is 35.4 Å². The molecule has 2 aliphatic rings. The van der Waals surface area contributed by atoms with Crippen molar-refractivity contribution in [1.29, 1.82) is 0 Å². The van der Waals surface area contributed by atoms with E-state index in [4.69, 9.17) is 0 Å². The number of benzene rings is 1. The molecule has 3 rings (SSSR count). The van der Waals surface area contributed by atoms with Crippen LogP contribution >= 0.6 is 0 Å². The summed E-state index contributed by atoms with van der Waals surface area (Å²) in [4.78, 5) is 12.3. The van der Waals surface area contributed by atoms with Crippen molar-refractivity contribution in [1.82, 2.24) is 10.6 Å². The SMILES string of the molecule is CC(NC1Cc2ccccc2C1)C(=O)NC1CCCCC1. The maximum absolute atomic E-state index is 12.3. The summed E-state index contributed by atoms with van der Waals surface area (Å²) in [5.74, 6) is 0.165. The quantitative estimate of drug-likeness (QED) is 0.893. The van der Waals surface area contributed by atoms with E-state index in [0.29, 0.717) is 12.1 Å². The molecule has 0 aromatic heterocycles. The first kappa shape index (κ1) is 14.6. The van der Waals surface area contributed by atoms with Crippen LogP contribution in [0.4, 0.5) is 0 Å². The zero-order valence-electron chi connectivity index (χ0n) is 12.9. The number of carbonyl (C=O) groups is 1. The van der Waals surface area contributed by atoms with E-state index >= 15 is 0 Å².